The van der Waals surface area contributed by atoms with Crippen molar-refractivity contribution in [1.82, 2.24) is 0 Å². The van der Waals surface area contributed by atoms with Crippen LogP contribution < -0.4 is 20.5 Å². The van der Waals surface area contributed by atoms with Gasteiger partial charge in [0.15, 0.2) is 11.5 Å². The van der Waals surface area contributed by atoms with Crippen molar-refractivity contribution in [1.29, 1.82) is 0 Å². The van der Waals surface area contributed by atoms with Crippen LogP contribution in [0.2, 0.25) is 0 Å². The fourth-order valence-corrected chi connectivity index (χ4v) is 2.48. The molecule has 1 aliphatic rings. The summed E-state index contributed by atoms with van der Waals surface area (Å²) in [6.45, 7) is 0. The van der Waals surface area contributed by atoms with Gasteiger partial charge in [-0.25, -0.2) is 0 Å². The zero-order valence-electron chi connectivity index (χ0n) is 11.1. The van der Waals surface area contributed by atoms with Gasteiger partial charge < -0.3 is 20.5 Å². The maximum atomic E-state index is 6.14. The first kappa shape index (κ1) is 13.0. The van der Waals surface area contributed by atoms with Gasteiger partial charge in [0.2, 0.25) is 0 Å². The molecule has 3 N–H and O–H groups in total. The van der Waals surface area contributed by atoms with Crippen molar-refractivity contribution < 1.29 is 9.47 Å². The van der Waals surface area contributed by atoms with Crippen molar-refractivity contribution in [3.8, 4) is 11.5 Å². The molecule has 4 heteroatoms. The topological polar surface area (TPSA) is 56.5 Å². The molecule has 0 radical (unpaired) electrons. The second-order valence-corrected chi connectivity index (χ2v) is 4.77. The Hall–Kier alpha value is -1.42. The summed E-state index contributed by atoms with van der Waals surface area (Å²) < 4.78 is 10.5. The van der Waals surface area contributed by atoms with Crippen LogP contribution in [0.15, 0.2) is 18.2 Å². The molecule has 18 heavy (non-hydrogen) atoms. The lowest BCUT2D eigenvalue weighted by Crippen LogP contribution is -2.42. The summed E-state index contributed by atoms with van der Waals surface area (Å²) in [6, 6.07) is 6.47. The average Bonchev–Trinajstić information content (AvgIpc) is 2.41. The van der Waals surface area contributed by atoms with Gasteiger partial charge in [-0.2, -0.15) is 0 Å². The van der Waals surface area contributed by atoms with Crippen molar-refractivity contribution >= 4 is 5.69 Å². The number of ether oxygens (including phenoxy) is 2. The Kier molecular flexibility index (Phi) is 4.31. The molecule has 4 nitrogen and oxygen atoms in total. The Bertz CT molecular complexity index is 395. The molecule has 0 aromatic heterocycles. The van der Waals surface area contributed by atoms with Crippen LogP contribution >= 0.6 is 0 Å². The van der Waals surface area contributed by atoms with Gasteiger partial charge in [0.05, 0.1) is 14.2 Å². The van der Waals surface area contributed by atoms with Gasteiger partial charge in [-0.3, -0.25) is 0 Å². The molecule has 1 aromatic rings. The zero-order valence-corrected chi connectivity index (χ0v) is 11.1. The molecule has 0 aliphatic heterocycles. The predicted octanol–water partition coefficient (Wildman–Crippen LogP) is 2.39. The molecule has 0 bridgehead atoms. The number of nitrogens with two attached hydrogens (primary N) is 1. The van der Waals surface area contributed by atoms with Gasteiger partial charge >= 0.3 is 0 Å². The van der Waals surface area contributed by atoms with E-state index in [1.54, 1.807) is 14.2 Å². The second kappa shape index (κ2) is 5.96. The van der Waals surface area contributed by atoms with Crippen molar-refractivity contribution in [3.05, 3.63) is 18.2 Å². The fraction of sp³-hybridized carbons (Fsp3) is 0.571. The van der Waals surface area contributed by atoms with Crippen LogP contribution in [0.25, 0.3) is 0 Å². The SMILES string of the molecule is COc1ccc(NC2CCCCC2N)cc1OC. The highest BCUT2D eigenvalue weighted by Crippen LogP contribution is 2.31. The largest absolute Gasteiger partial charge is 0.493 e. The maximum absolute atomic E-state index is 6.14. The van der Waals surface area contributed by atoms with Crippen molar-refractivity contribution in [3.63, 3.8) is 0 Å². The lowest BCUT2D eigenvalue weighted by Gasteiger charge is -2.30. The van der Waals surface area contributed by atoms with Gasteiger partial charge in [-0.15, -0.1) is 0 Å². The Morgan fingerprint density at radius 3 is 2.50 bits per heavy atom. The summed E-state index contributed by atoms with van der Waals surface area (Å²) in [7, 11) is 3.29. The van der Waals surface area contributed by atoms with Gasteiger partial charge in [-0.1, -0.05) is 12.8 Å². The third-order valence-corrected chi connectivity index (χ3v) is 3.56. The van der Waals surface area contributed by atoms with Crippen molar-refractivity contribution in [2.75, 3.05) is 19.5 Å². The molecular weight excluding hydrogens is 228 g/mol. The summed E-state index contributed by atoms with van der Waals surface area (Å²) in [4.78, 5) is 0. The Morgan fingerprint density at radius 2 is 1.83 bits per heavy atom. The summed E-state index contributed by atoms with van der Waals surface area (Å²) in [5.74, 6) is 1.49. The van der Waals surface area contributed by atoms with E-state index in [1.165, 1.54) is 12.8 Å². The molecular formula is C14H22N2O2. The van der Waals surface area contributed by atoms with E-state index in [0.717, 1.165) is 30.0 Å². The van der Waals surface area contributed by atoms with Crippen LogP contribution in [0, 0.1) is 0 Å². The van der Waals surface area contributed by atoms with Crippen molar-refractivity contribution in [2.45, 2.75) is 37.8 Å². The number of methoxy groups -OCH3 is 2. The molecule has 1 fully saturated rings. The molecule has 2 atom stereocenters. The average molecular weight is 250 g/mol. The summed E-state index contributed by atoms with van der Waals surface area (Å²) >= 11 is 0. The number of anilines is 1. The predicted molar refractivity (Wildman–Crippen MR) is 73.4 cm³/mol. The number of nitrogens with one attached hydrogen (secondary N) is 1. The van der Waals surface area contributed by atoms with Gasteiger partial charge in [0.25, 0.3) is 0 Å². The standard InChI is InChI=1S/C14H22N2O2/c1-17-13-8-7-10(9-14(13)18-2)16-12-6-4-3-5-11(12)15/h7-9,11-12,16H,3-6,15H2,1-2H3. The molecule has 0 heterocycles. The molecule has 0 amide bonds. The molecule has 0 saturated heterocycles. The van der Waals surface area contributed by atoms with Crippen LogP contribution in [-0.2, 0) is 0 Å². The highest BCUT2D eigenvalue weighted by Gasteiger charge is 2.21. The van der Waals surface area contributed by atoms with Gasteiger partial charge in [0.1, 0.15) is 0 Å². The number of hydrogen-bond donors (Lipinski definition) is 2. The highest BCUT2D eigenvalue weighted by molar-refractivity contribution is 5.55. The van der Waals surface area contributed by atoms with Gasteiger partial charge in [-0.05, 0) is 25.0 Å². The monoisotopic (exact) mass is 250 g/mol. The van der Waals surface area contributed by atoms with E-state index >= 15 is 0 Å². The van der Waals surface area contributed by atoms with E-state index in [1.807, 2.05) is 18.2 Å². The lowest BCUT2D eigenvalue weighted by atomic mass is 9.91. The van der Waals surface area contributed by atoms with E-state index in [2.05, 4.69) is 5.32 Å². The smallest absolute Gasteiger partial charge is 0.162 e. The van der Waals surface area contributed by atoms with Crippen LogP contribution in [0.5, 0.6) is 11.5 Å². The van der Waals surface area contributed by atoms with Crippen LogP contribution in [0.4, 0.5) is 5.69 Å². The van der Waals surface area contributed by atoms with Crippen LogP contribution in [0.1, 0.15) is 25.7 Å². The van der Waals surface area contributed by atoms with E-state index < -0.39 is 0 Å². The zero-order chi connectivity index (χ0) is 13.0. The fourth-order valence-electron chi connectivity index (χ4n) is 2.48. The Labute approximate surface area is 108 Å². The summed E-state index contributed by atoms with van der Waals surface area (Å²) in [6.07, 6.45) is 4.73. The van der Waals surface area contributed by atoms with E-state index in [0.29, 0.717) is 6.04 Å². The molecule has 100 valence electrons. The molecule has 2 unspecified atom stereocenters. The minimum Gasteiger partial charge on any atom is -0.493 e. The minimum absolute atomic E-state index is 0.242. The molecule has 1 aromatic carbocycles. The minimum atomic E-state index is 0.242. The lowest BCUT2D eigenvalue weighted by molar-refractivity contribution is 0.355. The van der Waals surface area contributed by atoms with Crippen LogP contribution in [0.3, 0.4) is 0 Å². The second-order valence-electron chi connectivity index (χ2n) is 4.77. The third-order valence-electron chi connectivity index (χ3n) is 3.56. The number of hydrogen-bond acceptors (Lipinski definition) is 4. The summed E-state index contributed by atoms with van der Waals surface area (Å²) in [5.41, 5.74) is 7.17. The molecule has 1 aliphatic carbocycles. The number of benzene rings is 1. The Balaban J connectivity index is 2.08. The number of rotatable bonds is 4. The van der Waals surface area contributed by atoms with Crippen LogP contribution in [-0.4, -0.2) is 26.3 Å². The maximum Gasteiger partial charge on any atom is 0.162 e. The quantitative estimate of drug-likeness (QED) is 0.861. The first-order valence-corrected chi connectivity index (χ1v) is 6.48. The highest BCUT2D eigenvalue weighted by atomic mass is 16.5. The molecule has 0 spiro atoms. The first-order valence-electron chi connectivity index (χ1n) is 6.48. The normalized spacial score (nSPS) is 23.5. The van der Waals surface area contributed by atoms with Crippen molar-refractivity contribution in [2.24, 2.45) is 5.73 Å². The van der Waals surface area contributed by atoms with Gasteiger partial charge in [0, 0.05) is 23.8 Å². The first-order chi connectivity index (χ1) is 8.74. The molecule has 2 rings (SSSR count). The summed E-state index contributed by atoms with van der Waals surface area (Å²) in [5, 5.41) is 3.50. The van der Waals surface area contributed by atoms with E-state index in [9.17, 15) is 0 Å². The van der Waals surface area contributed by atoms with E-state index in [4.69, 9.17) is 15.2 Å². The Morgan fingerprint density at radius 1 is 1.11 bits per heavy atom. The molecule has 1 saturated carbocycles. The van der Waals surface area contributed by atoms with E-state index in [-0.39, 0.29) is 6.04 Å². The third kappa shape index (κ3) is 2.88.